The highest BCUT2D eigenvalue weighted by atomic mass is 16.4. The number of carboxylic acids is 1. The van der Waals surface area contributed by atoms with Crippen LogP contribution in [0.15, 0.2) is 18.7 Å². The van der Waals surface area contributed by atoms with E-state index in [0.717, 1.165) is 5.56 Å². The van der Waals surface area contributed by atoms with E-state index in [0.29, 0.717) is 18.7 Å². The summed E-state index contributed by atoms with van der Waals surface area (Å²) in [5.74, 6) is -0.341. The van der Waals surface area contributed by atoms with Crippen molar-refractivity contribution in [3.05, 3.63) is 30.1 Å². The van der Waals surface area contributed by atoms with Crippen LogP contribution in [0, 0.1) is 0 Å². The summed E-state index contributed by atoms with van der Waals surface area (Å²) in [5.41, 5.74) is 6.48. The van der Waals surface area contributed by atoms with Gasteiger partial charge in [0.25, 0.3) is 0 Å². The largest absolute Gasteiger partial charge is 0.480 e. The van der Waals surface area contributed by atoms with Crippen molar-refractivity contribution in [2.75, 3.05) is 5.73 Å². The summed E-state index contributed by atoms with van der Waals surface area (Å²) in [6, 6.07) is -0.708. The van der Waals surface area contributed by atoms with Gasteiger partial charge >= 0.3 is 5.97 Å². The molecule has 1 aliphatic heterocycles. The first-order valence-corrected chi connectivity index (χ1v) is 5.86. The molecule has 3 rings (SSSR count). The standard InChI is InChI=1S/C11H12N6O2/c12-11-15-9-7(6-3-13-5-14-4-6)1-2-8(10(18)19)17(9)16-11/h3-5,7-8H,1-2H2,(H2,12,16)(H,18,19). The van der Waals surface area contributed by atoms with Gasteiger partial charge in [0, 0.05) is 18.3 Å². The van der Waals surface area contributed by atoms with Crippen LogP contribution in [-0.2, 0) is 4.79 Å². The first-order chi connectivity index (χ1) is 9.16. The van der Waals surface area contributed by atoms with Crippen LogP contribution >= 0.6 is 0 Å². The third-order valence-corrected chi connectivity index (χ3v) is 3.28. The van der Waals surface area contributed by atoms with Gasteiger partial charge in [0.2, 0.25) is 5.95 Å². The molecule has 2 unspecified atom stereocenters. The Kier molecular flexibility index (Phi) is 2.62. The molecule has 2 aromatic heterocycles. The molecule has 0 radical (unpaired) electrons. The lowest BCUT2D eigenvalue weighted by atomic mass is 9.90. The SMILES string of the molecule is Nc1nc2n(n1)C(C(=O)O)CCC2c1cncnc1. The maximum atomic E-state index is 11.2. The van der Waals surface area contributed by atoms with Crippen LogP contribution in [0.4, 0.5) is 5.95 Å². The quantitative estimate of drug-likeness (QED) is 0.791. The lowest BCUT2D eigenvalue weighted by Gasteiger charge is -2.26. The van der Waals surface area contributed by atoms with E-state index in [-0.39, 0.29) is 11.9 Å². The number of anilines is 1. The van der Waals surface area contributed by atoms with E-state index in [4.69, 9.17) is 5.73 Å². The number of fused-ring (bicyclic) bond motifs is 1. The summed E-state index contributed by atoms with van der Waals surface area (Å²) < 4.78 is 1.40. The fourth-order valence-electron chi connectivity index (χ4n) is 2.43. The number of hydrogen-bond acceptors (Lipinski definition) is 6. The number of nitrogens with zero attached hydrogens (tertiary/aromatic N) is 5. The van der Waals surface area contributed by atoms with Crippen LogP contribution in [-0.4, -0.2) is 35.8 Å². The monoisotopic (exact) mass is 260 g/mol. The van der Waals surface area contributed by atoms with Gasteiger partial charge in [-0.25, -0.2) is 19.4 Å². The summed E-state index contributed by atoms with van der Waals surface area (Å²) in [7, 11) is 0. The predicted molar refractivity (Wildman–Crippen MR) is 64.2 cm³/mol. The summed E-state index contributed by atoms with van der Waals surface area (Å²) in [6.45, 7) is 0. The Morgan fingerprint density at radius 2 is 2.11 bits per heavy atom. The van der Waals surface area contributed by atoms with Crippen molar-refractivity contribution in [3.8, 4) is 0 Å². The first kappa shape index (κ1) is 11.6. The van der Waals surface area contributed by atoms with Gasteiger partial charge in [-0.2, -0.15) is 4.98 Å². The molecule has 0 aromatic carbocycles. The smallest absolute Gasteiger partial charge is 0.328 e. The van der Waals surface area contributed by atoms with Gasteiger partial charge in [-0.05, 0) is 18.4 Å². The molecule has 0 saturated heterocycles. The number of aromatic nitrogens is 5. The predicted octanol–water partition coefficient (Wildman–Crippen LogP) is 0.202. The van der Waals surface area contributed by atoms with Gasteiger partial charge < -0.3 is 10.8 Å². The molecule has 8 heteroatoms. The third-order valence-electron chi connectivity index (χ3n) is 3.28. The van der Waals surface area contributed by atoms with Gasteiger partial charge in [0.05, 0.1) is 0 Å². The first-order valence-electron chi connectivity index (χ1n) is 5.86. The molecule has 0 spiro atoms. The van der Waals surface area contributed by atoms with Crippen LogP contribution in [0.3, 0.4) is 0 Å². The summed E-state index contributed by atoms with van der Waals surface area (Å²) in [6.07, 6.45) is 5.99. The molecule has 0 aliphatic carbocycles. The van der Waals surface area contributed by atoms with Gasteiger partial charge in [0.15, 0.2) is 6.04 Å². The number of rotatable bonds is 2. The second kappa shape index (κ2) is 4.30. The molecule has 8 nitrogen and oxygen atoms in total. The molecule has 0 saturated carbocycles. The lowest BCUT2D eigenvalue weighted by molar-refractivity contribution is -0.141. The number of carboxylic acid groups (broad SMARTS) is 1. The minimum Gasteiger partial charge on any atom is -0.480 e. The van der Waals surface area contributed by atoms with E-state index in [9.17, 15) is 9.90 Å². The van der Waals surface area contributed by atoms with Gasteiger partial charge in [-0.15, -0.1) is 5.10 Å². The Morgan fingerprint density at radius 1 is 1.37 bits per heavy atom. The number of nitrogen functional groups attached to an aromatic ring is 1. The van der Waals surface area contributed by atoms with Crippen molar-refractivity contribution >= 4 is 11.9 Å². The highest BCUT2D eigenvalue weighted by Crippen LogP contribution is 2.36. The molecular weight excluding hydrogens is 248 g/mol. The van der Waals surface area contributed by atoms with Crippen LogP contribution in [0.25, 0.3) is 0 Å². The molecule has 98 valence electrons. The summed E-state index contributed by atoms with van der Waals surface area (Å²) in [4.78, 5) is 23.3. The maximum absolute atomic E-state index is 11.2. The Labute approximate surface area is 108 Å². The zero-order valence-corrected chi connectivity index (χ0v) is 9.97. The molecule has 0 fully saturated rings. The van der Waals surface area contributed by atoms with Gasteiger partial charge in [-0.3, -0.25) is 0 Å². The van der Waals surface area contributed by atoms with E-state index >= 15 is 0 Å². The molecule has 0 amide bonds. The second-order valence-corrected chi connectivity index (χ2v) is 4.43. The van der Waals surface area contributed by atoms with E-state index in [1.165, 1.54) is 11.0 Å². The molecule has 2 atom stereocenters. The van der Waals surface area contributed by atoms with E-state index in [1.807, 2.05) is 0 Å². The summed E-state index contributed by atoms with van der Waals surface area (Å²) >= 11 is 0. The molecule has 1 aliphatic rings. The fraction of sp³-hybridized carbons (Fsp3) is 0.364. The molecule has 3 N–H and O–H groups in total. The molecule has 2 aromatic rings. The van der Waals surface area contributed by atoms with Crippen molar-refractivity contribution < 1.29 is 9.90 Å². The fourth-order valence-corrected chi connectivity index (χ4v) is 2.43. The Bertz CT molecular complexity index is 611. The summed E-state index contributed by atoms with van der Waals surface area (Å²) in [5, 5.41) is 13.2. The number of hydrogen-bond donors (Lipinski definition) is 2. The topological polar surface area (TPSA) is 120 Å². The van der Waals surface area contributed by atoms with Crippen LogP contribution < -0.4 is 5.73 Å². The molecule has 0 bridgehead atoms. The average molecular weight is 260 g/mol. The highest BCUT2D eigenvalue weighted by Gasteiger charge is 2.34. The highest BCUT2D eigenvalue weighted by molar-refractivity contribution is 5.72. The normalized spacial score (nSPS) is 21.9. The molecule has 3 heterocycles. The van der Waals surface area contributed by atoms with Crippen molar-refractivity contribution in [2.24, 2.45) is 0 Å². The van der Waals surface area contributed by atoms with Gasteiger partial charge in [-0.1, -0.05) is 0 Å². The molecular formula is C11H12N6O2. The van der Waals surface area contributed by atoms with Crippen LogP contribution in [0.5, 0.6) is 0 Å². The maximum Gasteiger partial charge on any atom is 0.328 e. The Balaban J connectivity index is 2.06. The van der Waals surface area contributed by atoms with Crippen molar-refractivity contribution in [1.29, 1.82) is 0 Å². The Morgan fingerprint density at radius 3 is 2.79 bits per heavy atom. The van der Waals surface area contributed by atoms with Crippen LogP contribution in [0.2, 0.25) is 0 Å². The molecule has 19 heavy (non-hydrogen) atoms. The van der Waals surface area contributed by atoms with Crippen molar-refractivity contribution in [3.63, 3.8) is 0 Å². The Hall–Kier alpha value is -2.51. The second-order valence-electron chi connectivity index (χ2n) is 4.43. The zero-order valence-electron chi connectivity index (χ0n) is 9.97. The zero-order chi connectivity index (χ0) is 13.4. The van der Waals surface area contributed by atoms with Gasteiger partial charge in [0.1, 0.15) is 12.2 Å². The minimum atomic E-state index is -0.922. The van der Waals surface area contributed by atoms with E-state index < -0.39 is 12.0 Å². The van der Waals surface area contributed by atoms with Crippen LogP contribution in [0.1, 0.15) is 36.2 Å². The third kappa shape index (κ3) is 1.90. The minimum absolute atomic E-state index is 0.0680. The van der Waals surface area contributed by atoms with Crippen molar-refractivity contribution in [2.45, 2.75) is 24.8 Å². The average Bonchev–Trinajstić information content (AvgIpc) is 2.79. The number of carbonyl (C=O) groups is 1. The van der Waals surface area contributed by atoms with E-state index in [1.54, 1.807) is 12.4 Å². The number of nitrogens with two attached hydrogens (primary N) is 1. The lowest BCUT2D eigenvalue weighted by Crippen LogP contribution is -2.28. The van der Waals surface area contributed by atoms with Crippen molar-refractivity contribution in [1.82, 2.24) is 24.7 Å². The van der Waals surface area contributed by atoms with E-state index in [2.05, 4.69) is 20.1 Å². The number of aliphatic carboxylic acids is 1.